The highest BCUT2D eigenvalue weighted by Crippen LogP contribution is 2.28. The van der Waals surface area contributed by atoms with Crippen molar-refractivity contribution in [3.63, 3.8) is 0 Å². The molecule has 7 nitrogen and oxygen atoms in total. The molecule has 0 bridgehead atoms. The van der Waals surface area contributed by atoms with Gasteiger partial charge in [-0.2, -0.15) is 5.10 Å². The number of ether oxygens (including phenoxy) is 2. The number of pyridine rings is 1. The van der Waals surface area contributed by atoms with E-state index in [2.05, 4.69) is 27.1 Å². The van der Waals surface area contributed by atoms with Crippen molar-refractivity contribution in [3.8, 4) is 11.3 Å². The fourth-order valence-electron chi connectivity index (χ4n) is 3.46. The van der Waals surface area contributed by atoms with Crippen LogP contribution in [0.2, 0.25) is 0 Å². The summed E-state index contributed by atoms with van der Waals surface area (Å²) < 4.78 is 12.8. The van der Waals surface area contributed by atoms with Crippen molar-refractivity contribution in [2.45, 2.75) is 34.1 Å². The molecule has 3 aromatic rings. The van der Waals surface area contributed by atoms with Gasteiger partial charge in [0.1, 0.15) is 0 Å². The Labute approximate surface area is 172 Å². The number of hydrogen-bond acceptors (Lipinski definition) is 6. The number of aryl methyl sites for hydroxylation is 1. The number of aromatic nitrogens is 4. The number of hydrogen-bond donors (Lipinski definition) is 0. The minimum atomic E-state index is 0.696. The molecule has 0 aromatic carbocycles. The summed E-state index contributed by atoms with van der Waals surface area (Å²) in [5.74, 6) is 0. The Kier molecular flexibility index (Phi) is 7.55. The molecule has 1 aliphatic rings. The van der Waals surface area contributed by atoms with E-state index in [-0.39, 0.29) is 0 Å². The molecule has 4 rings (SSSR count). The van der Waals surface area contributed by atoms with Crippen LogP contribution in [-0.4, -0.2) is 59.1 Å². The summed E-state index contributed by atoms with van der Waals surface area (Å²) in [5.41, 5.74) is 5.97. The van der Waals surface area contributed by atoms with Gasteiger partial charge in [0.15, 0.2) is 5.65 Å². The van der Waals surface area contributed by atoms with Crippen molar-refractivity contribution >= 4 is 11.3 Å². The van der Waals surface area contributed by atoms with E-state index in [0.717, 1.165) is 73.3 Å². The third kappa shape index (κ3) is 4.74. The van der Waals surface area contributed by atoms with Crippen molar-refractivity contribution in [3.05, 3.63) is 42.0 Å². The smallest absolute Gasteiger partial charge is 0.178 e. The van der Waals surface area contributed by atoms with Crippen LogP contribution in [-0.2, 0) is 15.9 Å². The Morgan fingerprint density at radius 2 is 1.93 bits per heavy atom. The molecule has 1 aliphatic heterocycles. The topological polar surface area (TPSA) is 64.8 Å². The maximum atomic E-state index is 5.48. The van der Waals surface area contributed by atoms with Gasteiger partial charge in [-0.1, -0.05) is 13.8 Å². The van der Waals surface area contributed by atoms with Gasteiger partial charge < -0.3 is 14.4 Å². The first-order valence-corrected chi connectivity index (χ1v) is 10.5. The monoisotopic (exact) mass is 397 g/mol. The number of anilines is 1. The Balaban J connectivity index is 0.00000117. The average Bonchev–Trinajstić information content (AvgIpc) is 3.12. The average molecular weight is 398 g/mol. The minimum Gasteiger partial charge on any atom is -0.381 e. The van der Waals surface area contributed by atoms with Gasteiger partial charge in [0, 0.05) is 43.6 Å². The molecule has 0 saturated carbocycles. The van der Waals surface area contributed by atoms with Crippen molar-refractivity contribution in [2.24, 2.45) is 0 Å². The van der Waals surface area contributed by atoms with Gasteiger partial charge in [-0.15, -0.1) is 0 Å². The quantitative estimate of drug-likeness (QED) is 0.593. The van der Waals surface area contributed by atoms with Crippen LogP contribution in [0.3, 0.4) is 0 Å². The van der Waals surface area contributed by atoms with Gasteiger partial charge >= 0.3 is 0 Å². The highest BCUT2D eigenvalue weighted by molar-refractivity contribution is 5.75. The molecule has 0 N–H and O–H groups in total. The third-order valence-electron chi connectivity index (χ3n) is 4.83. The van der Waals surface area contributed by atoms with Gasteiger partial charge in [0.05, 0.1) is 43.1 Å². The van der Waals surface area contributed by atoms with E-state index in [1.54, 1.807) is 0 Å². The largest absolute Gasteiger partial charge is 0.381 e. The predicted molar refractivity (Wildman–Crippen MR) is 116 cm³/mol. The van der Waals surface area contributed by atoms with E-state index in [1.807, 2.05) is 50.7 Å². The van der Waals surface area contributed by atoms with E-state index in [9.17, 15) is 0 Å². The second-order valence-electron chi connectivity index (χ2n) is 6.58. The Bertz CT molecular complexity index is 901. The zero-order valence-corrected chi connectivity index (χ0v) is 17.9. The molecule has 7 heteroatoms. The molecule has 1 saturated heterocycles. The summed E-state index contributed by atoms with van der Waals surface area (Å²) in [6.07, 6.45) is 4.56. The predicted octanol–water partition coefficient (Wildman–Crippen LogP) is 3.54. The van der Waals surface area contributed by atoms with Gasteiger partial charge in [-0.05, 0) is 32.0 Å². The lowest BCUT2D eigenvalue weighted by atomic mass is 10.1. The van der Waals surface area contributed by atoms with Crippen LogP contribution >= 0.6 is 0 Å². The molecule has 156 valence electrons. The lowest BCUT2D eigenvalue weighted by Crippen LogP contribution is -2.36. The van der Waals surface area contributed by atoms with Gasteiger partial charge in [0.2, 0.25) is 0 Å². The number of rotatable bonds is 6. The SMILES string of the molecule is CC.CCOCCc1ccc(-c2c(C)nc3c(N4CCOCC4)ccnn23)cn1. The molecule has 3 aromatic heterocycles. The van der Waals surface area contributed by atoms with E-state index >= 15 is 0 Å². The van der Waals surface area contributed by atoms with E-state index in [1.165, 1.54) is 0 Å². The minimum absolute atomic E-state index is 0.696. The lowest BCUT2D eigenvalue weighted by Gasteiger charge is -2.28. The Hall–Kier alpha value is -2.51. The summed E-state index contributed by atoms with van der Waals surface area (Å²) >= 11 is 0. The third-order valence-corrected chi connectivity index (χ3v) is 4.83. The molecule has 1 fully saturated rings. The maximum Gasteiger partial charge on any atom is 0.178 e. The lowest BCUT2D eigenvalue weighted by molar-refractivity contribution is 0.123. The summed E-state index contributed by atoms with van der Waals surface area (Å²) in [5, 5.41) is 4.57. The first kappa shape index (κ1) is 21.2. The first-order chi connectivity index (χ1) is 14.3. The van der Waals surface area contributed by atoms with Crippen molar-refractivity contribution < 1.29 is 9.47 Å². The molecular weight excluding hydrogens is 366 g/mol. The number of morpholine rings is 1. The van der Waals surface area contributed by atoms with E-state index in [0.29, 0.717) is 6.61 Å². The van der Waals surface area contributed by atoms with Gasteiger partial charge in [0.25, 0.3) is 0 Å². The molecule has 0 amide bonds. The van der Waals surface area contributed by atoms with Crippen LogP contribution in [0.15, 0.2) is 30.6 Å². The zero-order valence-electron chi connectivity index (χ0n) is 17.9. The fourth-order valence-corrected chi connectivity index (χ4v) is 3.46. The fraction of sp³-hybridized carbons (Fsp3) is 0.500. The first-order valence-electron chi connectivity index (χ1n) is 10.5. The summed E-state index contributed by atoms with van der Waals surface area (Å²) in [6, 6.07) is 6.18. The molecular formula is C22H31N5O2. The zero-order chi connectivity index (χ0) is 20.6. The molecule has 0 aliphatic carbocycles. The molecule has 4 heterocycles. The summed E-state index contributed by atoms with van der Waals surface area (Å²) in [6.45, 7) is 12.7. The van der Waals surface area contributed by atoms with Crippen LogP contribution in [0.1, 0.15) is 32.2 Å². The number of imidazole rings is 1. The highest BCUT2D eigenvalue weighted by Gasteiger charge is 2.19. The van der Waals surface area contributed by atoms with Gasteiger partial charge in [-0.3, -0.25) is 4.98 Å². The Morgan fingerprint density at radius 1 is 1.14 bits per heavy atom. The van der Waals surface area contributed by atoms with Crippen LogP contribution in [0.5, 0.6) is 0 Å². The van der Waals surface area contributed by atoms with E-state index in [4.69, 9.17) is 14.5 Å². The number of nitrogens with zero attached hydrogens (tertiary/aromatic N) is 5. The molecule has 29 heavy (non-hydrogen) atoms. The second-order valence-corrected chi connectivity index (χ2v) is 6.58. The molecule has 0 spiro atoms. The van der Waals surface area contributed by atoms with Crippen molar-refractivity contribution in [2.75, 3.05) is 44.4 Å². The van der Waals surface area contributed by atoms with Crippen molar-refractivity contribution in [1.29, 1.82) is 0 Å². The summed E-state index contributed by atoms with van der Waals surface area (Å²) in [4.78, 5) is 11.7. The second kappa shape index (κ2) is 10.3. The van der Waals surface area contributed by atoms with Crippen LogP contribution < -0.4 is 4.90 Å². The van der Waals surface area contributed by atoms with Crippen LogP contribution in [0, 0.1) is 6.92 Å². The highest BCUT2D eigenvalue weighted by atomic mass is 16.5. The number of fused-ring (bicyclic) bond motifs is 1. The maximum absolute atomic E-state index is 5.48. The van der Waals surface area contributed by atoms with Crippen LogP contribution in [0.25, 0.3) is 16.9 Å². The van der Waals surface area contributed by atoms with Gasteiger partial charge in [-0.25, -0.2) is 9.50 Å². The Morgan fingerprint density at radius 3 is 2.62 bits per heavy atom. The van der Waals surface area contributed by atoms with Crippen molar-refractivity contribution in [1.82, 2.24) is 19.6 Å². The van der Waals surface area contributed by atoms with E-state index < -0.39 is 0 Å². The van der Waals surface area contributed by atoms with Crippen LogP contribution in [0.4, 0.5) is 5.69 Å². The standard InChI is InChI=1S/C20H25N5O2.C2H6/c1-3-26-11-7-17-5-4-16(14-21-17)19-15(2)23-20-18(6-8-22-25(19)20)24-9-12-27-13-10-24;1-2/h4-6,8,14H,3,7,9-13H2,1-2H3;1-2H3. The molecule has 0 unspecified atom stereocenters. The molecule has 0 radical (unpaired) electrons. The summed E-state index contributed by atoms with van der Waals surface area (Å²) in [7, 11) is 0. The molecule has 0 atom stereocenters. The normalized spacial score (nSPS) is 14.0.